The fraction of sp³-hybridized carbons (Fsp3) is 0.680. The lowest BCUT2D eigenvalue weighted by molar-refractivity contribution is -0.137. The number of likely N-dealkylation sites (tertiary alicyclic amines) is 2. The van der Waals surface area contributed by atoms with E-state index in [0.717, 1.165) is 50.6 Å². The number of nitrogens with one attached hydrogen (secondary N) is 1. The van der Waals surface area contributed by atoms with Gasteiger partial charge in [0.05, 0.1) is 0 Å². The van der Waals surface area contributed by atoms with Crippen LogP contribution in [-0.2, 0) is 9.59 Å². The Morgan fingerprint density at radius 3 is 2.39 bits per heavy atom. The molecule has 0 aromatic heterocycles. The van der Waals surface area contributed by atoms with Crippen molar-refractivity contribution in [2.75, 3.05) is 45.9 Å². The number of amides is 2. The summed E-state index contributed by atoms with van der Waals surface area (Å²) in [6.07, 6.45) is 4.96. The molecule has 31 heavy (non-hydrogen) atoms. The number of piperidine rings is 2. The summed E-state index contributed by atoms with van der Waals surface area (Å²) in [5.41, 5.74) is 0. The van der Waals surface area contributed by atoms with E-state index in [1.165, 1.54) is 19.5 Å². The molecule has 0 spiro atoms. The van der Waals surface area contributed by atoms with Gasteiger partial charge in [-0.25, -0.2) is 0 Å². The summed E-state index contributed by atoms with van der Waals surface area (Å²) < 4.78 is 5.55. The minimum Gasteiger partial charge on any atom is -0.484 e. The van der Waals surface area contributed by atoms with E-state index < -0.39 is 0 Å². The molecule has 0 radical (unpaired) electrons. The van der Waals surface area contributed by atoms with Crippen LogP contribution in [0.3, 0.4) is 0 Å². The van der Waals surface area contributed by atoms with Crippen molar-refractivity contribution < 1.29 is 14.3 Å². The molecule has 172 valence electrons. The van der Waals surface area contributed by atoms with Gasteiger partial charge in [0.25, 0.3) is 5.91 Å². The molecule has 6 heteroatoms. The zero-order valence-electron chi connectivity index (χ0n) is 19.2. The number of ether oxygens (including phenoxy) is 1. The lowest BCUT2D eigenvalue weighted by Crippen LogP contribution is -2.44. The molecule has 1 aromatic carbocycles. The Hall–Kier alpha value is -2.08. The van der Waals surface area contributed by atoms with Crippen molar-refractivity contribution >= 4 is 11.8 Å². The third-order valence-electron chi connectivity index (χ3n) is 6.47. The average molecular weight is 430 g/mol. The summed E-state index contributed by atoms with van der Waals surface area (Å²) in [5, 5.41) is 3.11. The molecule has 1 aromatic rings. The van der Waals surface area contributed by atoms with Gasteiger partial charge in [0.1, 0.15) is 5.75 Å². The highest BCUT2D eigenvalue weighted by Gasteiger charge is 2.27. The quantitative estimate of drug-likeness (QED) is 0.613. The Balaban J connectivity index is 1.25. The van der Waals surface area contributed by atoms with Gasteiger partial charge in [-0.3, -0.25) is 9.59 Å². The highest BCUT2D eigenvalue weighted by molar-refractivity contribution is 5.80. The summed E-state index contributed by atoms with van der Waals surface area (Å²) in [4.78, 5) is 29.2. The molecule has 2 unspecified atom stereocenters. The molecular formula is C25H39N3O3. The third-order valence-corrected chi connectivity index (χ3v) is 6.47. The molecule has 0 bridgehead atoms. The van der Waals surface area contributed by atoms with Gasteiger partial charge in [-0.2, -0.15) is 0 Å². The first-order valence-electron chi connectivity index (χ1n) is 12.0. The van der Waals surface area contributed by atoms with E-state index in [0.29, 0.717) is 18.8 Å². The van der Waals surface area contributed by atoms with E-state index in [4.69, 9.17) is 4.74 Å². The largest absolute Gasteiger partial charge is 0.484 e. The SMILES string of the molecule is CC1CC(C)CN(CCCCNC(=O)C2CCN(C(=O)COc3ccccc3)CC2)C1. The minimum atomic E-state index is -0.0101. The fourth-order valence-corrected chi connectivity index (χ4v) is 4.94. The van der Waals surface area contributed by atoms with Crippen LogP contribution < -0.4 is 10.1 Å². The number of carbonyl (C=O) groups is 2. The smallest absolute Gasteiger partial charge is 0.260 e. The van der Waals surface area contributed by atoms with Crippen LogP contribution in [0, 0.1) is 17.8 Å². The van der Waals surface area contributed by atoms with E-state index in [1.807, 2.05) is 35.2 Å². The number of unbranched alkanes of at least 4 members (excludes halogenated alkanes) is 1. The number of hydrogen-bond acceptors (Lipinski definition) is 4. The molecule has 2 amide bonds. The Labute approximate surface area is 187 Å². The second-order valence-corrected chi connectivity index (χ2v) is 9.46. The predicted octanol–water partition coefficient (Wildman–Crippen LogP) is 3.18. The van der Waals surface area contributed by atoms with Gasteiger partial charge in [0, 0.05) is 38.6 Å². The molecule has 3 rings (SSSR count). The zero-order chi connectivity index (χ0) is 22.1. The normalized spacial score (nSPS) is 22.8. The van der Waals surface area contributed by atoms with Gasteiger partial charge in [-0.1, -0.05) is 32.0 Å². The van der Waals surface area contributed by atoms with Crippen LogP contribution in [0.5, 0.6) is 5.75 Å². The monoisotopic (exact) mass is 429 g/mol. The number of rotatable bonds is 9. The van der Waals surface area contributed by atoms with Crippen molar-refractivity contribution in [1.82, 2.24) is 15.1 Å². The maximum Gasteiger partial charge on any atom is 0.260 e. The van der Waals surface area contributed by atoms with E-state index in [1.54, 1.807) is 0 Å². The molecule has 1 N–H and O–H groups in total. The van der Waals surface area contributed by atoms with Crippen LogP contribution in [0.2, 0.25) is 0 Å². The topological polar surface area (TPSA) is 61.9 Å². The van der Waals surface area contributed by atoms with Gasteiger partial charge in [0.15, 0.2) is 6.61 Å². The van der Waals surface area contributed by atoms with Crippen molar-refractivity contribution in [3.63, 3.8) is 0 Å². The standard InChI is InChI=1S/C25H39N3O3/c1-20-16-21(2)18-27(17-20)13-7-6-12-26-25(30)22-10-14-28(15-11-22)24(29)19-31-23-8-4-3-5-9-23/h3-5,8-9,20-22H,6-7,10-19H2,1-2H3,(H,26,30). The van der Waals surface area contributed by atoms with Crippen LogP contribution in [-0.4, -0.2) is 67.5 Å². The molecule has 2 saturated heterocycles. The number of hydrogen-bond donors (Lipinski definition) is 1. The van der Waals surface area contributed by atoms with Crippen molar-refractivity contribution in [1.29, 1.82) is 0 Å². The first-order chi connectivity index (χ1) is 15.0. The van der Waals surface area contributed by atoms with Gasteiger partial charge in [0.2, 0.25) is 5.91 Å². The lowest BCUT2D eigenvalue weighted by atomic mass is 9.92. The lowest BCUT2D eigenvalue weighted by Gasteiger charge is -2.35. The highest BCUT2D eigenvalue weighted by Crippen LogP contribution is 2.21. The van der Waals surface area contributed by atoms with Crippen molar-refractivity contribution in [2.45, 2.75) is 46.0 Å². The van der Waals surface area contributed by atoms with Crippen LogP contribution >= 0.6 is 0 Å². The van der Waals surface area contributed by atoms with Gasteiger partial charge in [-0.15, -0.1) is 0 Å². The second kappa shape index (κ2) is 12.1. The van der Waals surface area contributed by atoms with E-state index >= 15 is 0 Å². The number of nitrogens with zero attached hydrogens (tertiary/aromatic N) is 2. The summed E-state index contributed by atoms with van der Waals surface area (Å²) in [6, 6.07) is 9.38. The van der Waals surface area contributed by atoms with Crippen LogP contribution in [0.25, 0.3) is 0 Å². The van der Waals surface area contributed by atoms with Gasteiger partial charge in [-0.05, 0) is 62.6 Å². The molecular weight excluding hydrogens is 390 g/mol. The number of benzene rings is 1. The molecule has 2 atom stereocenters. The molecule has 2 aliphatic heterocycles. The summed E-state index contributed by atoms with van der Waals surface area (Å²) >= 11 is 0. The van der Waals surface area contributed by atoms with Crippen LogP contribution in [0.15, 0.2) is 30.3 Å². The second-order valence-electron chi connectivity index (χ2n) is 9.46. The molecule has 2 aliphatic rings. The summed E-state index contributed by atoms with van der Waals surface area (Å²) in [6.45, 7) is 10.3. The number of carbonyl (C=O) groups excluding carboxylic acids is 2. The summed E-state index contributed by atoms with van der Waals surface area (Å²) in [7, 11) is 0. The van der Waals surface area contributed by atoms with Gasteiger partial charge >= 0.3 is 0 Å². The molecule has 6 nitrogen and oxygen atoms in total. The van der Waals surface area contributed by atoms with Gasteiger partial charge < -0.3 is 19.9 Å². The Morgan fingerprint density at radius 1 is 1.03 bits per heavy atom. The molecule has 0 saturated carbocycles. The van der Waals surface area contributed by atoms with E-state index in [-0.39, 0.29) is 24.3 Å². The third kappa shape index (κ3) is 7.84. The molecule has 2 heterocycles. The first kappa shape index (κ1) is 23.6. The fourth-order valence-electron chi connectivity index (χ4n) is 4.94. The first-order valence-corrected chi connectivity index (χ1v) is 12.0. The predicted molar refractivity (Wildman–Crippen MR) is 123 cm³/mol. The van der Waals surface area contributed by atoms with E-state index in [2.05, 4.69) is 24.1 Å². The Morgan fingerprint density at radius 2 is 1.71 bits per heavy atom. The Kier molecular flexibility index (Phi) is 9.19. The maximum absolute atomic E-state index is 12.5. The average Bonchev–Trinajstić information content (AvgIpc) is 2.77. The number of para-hydroxylation sites is 1. The summed E-state index contributed by atoms with van der Waals surface area (Å²) in [5.74, 6) is 2.45. The van der Waals surface area contributed by atoms with Crippen LogP contribution in [0.1, 0.15) is 46.0 Å². The van der Waals surface area contributed by atoms with Crippen LogP contribution in [0.4, 0.5) is 0 Å². The molecule has 2 fully saturated rings. The minimum absolute atomic E-state index is 0.0101. The molecule has 0 aliphatic carbocycles. The van der Waals surface area contributed by atoms with E-state index in [9.17, 15) is 9.59 Å². The zero-order valence-corrected chi connectivity index (χ0v) is 19.2. The van der Waals surface area contributed by atoms with Crippen molar-refractivity contribution in [3.05, 3.63) is 30.3 Å². The van der Waals surface area contributed by atoms with Crippen molar-refractivity contribution in [2.24, 2.45) is 17.8 Å². The van der Waals surface area contributed by atoms with Crippen molar-refractivity contribution in [3.8, 4) is 5.75 Å². The highest BCUT2D eigenvalue weighted by atomic mass is 16.5. The Bertz CT molecular complexity index is 679. The maximum atomic E-state index is 12.5.